The summed E-state index contributed by atoms with van der Waals surface area (Å²) in [6, 6.07) is 11.5. The molecule has 2 amide bonds. The lowest BCUT2D eigenvalue weighted by Crippen LogP contribution is -2.39. The van der Waals surface area contributed by atoms with E-state index in [-0.39, 0.29) is 11.8 Å². The average molecular weight is 382 g/mol. The zero-order valence-electron chi connectivity index (χ0n) is 14.2. The summed E-state index contributed by atoms with van der Waals surface area (Å²) in [4.78, 5) is 16.4. The van der Waals surface area contributed by atoms with Crippen molar-refractivity contribution in [2.75, 3.05) is 32.5 Å². The van der Waals surface area contributed by atoms with Crippen molar-refractivity contribution in [2.45, 2.75) is 6.54 Å². The van der Waals surface area contributed by atoms with Crippen LogP contribution in [0.25, 0.3) is 0 Å². The Morgan fingerprint density at radius 2 is 1.88 bits per heavy atom. The van der Waals surface area contributed by atoms with Crippen molar-refractivity contribution in [2.24, 2.45) is 0 Å². The van der Waals surface area contributed by atoms with Gasteiger partial charge in [0, 0.05) is 24.7 Å². The molecule has 2 aromatic rings. The third kappa shape index (κ3) is 6.12. The average Bonchev–Trinajstić information content (AvgIpc) is 2.54. The minimum Gasteiger partial charge on any atom is -0.508 e. The van der Waals surface area contributed by atoms with Gasteiger partial charge in [0.2, 0.25) is 0 Å². The highest BCUT2D eigenvalue weighted by atomic mass is 35.5. The summed E-state index contributed by atoms with van der Waals surface area (Å²) >= 11 is 12.1. The van der Waals surface area contributed by atoms with Gasteiger partial charge in [-0.3, -0.25) is 0 Å². The van der Waals surface area contributed by atoms with Crippen LogP contribution in [0.5, 0.6) is 5.75 Å². The Kier molecular flexibility index (Phi) is 6.93. The number of anilines is 1. The van der Waals surface area contributed by atoms with Gasteiger partial charge in [0.15, 0.2) is 0 Å². The van der Waals surface area contributed by atoms with E-state index in [1.54, 1.807) is 41.3 Å². The Hall–Kier alpha value is -1.95. The number of phenols is 1. The van der Waals surface area contributed by atoms with Gasteiger partial charge in [-0.2, -0.15) is 0 Å². The van der Waals surface area contributed by atoms with Gasteiger partial charge in [0.1, 0.15) is 5.75 Å². The van der Waals surface area contributed by atoms with Gasteiger partial charge in [-0.15, -0.1) is 0 Å². The van der Waals surface area contributed by atoms with Crippen LogP contribution in [0.1, 0.15) is 5.56 Å². The smallest absolute Gasteiger partial charge is 0.322 e. The molecule has 0 heterocycles. The van der Waals surface area contributed by atoms with Crippen LogP contribution < -0.4 is 5.32 Å². The highest BCUT2D eigenvalue weighted by Gasteiger charge is 2.16. The zero-order chi connectivity index (χ0) is 18.4. The van der Waals surface area contributed by atoms with Crippen LogP contribution in [0.15, 0.2) is 42.5 Å². The number of rotatable bonds is 6. The summed E-state index contributed by atoms with van der Waals surface area (Å²) in [5.74, 6) is 0.170. The SMILES string of the molecule is CN(C)CCN(Cc1cccc(O)c1)C(=O)Nc1cc(Cl)ccc1Cl. The second-order valence-corrected chi connectivity index (χ2v) is 6.79. The van der Waals surface area contributed by atoms with Gasteiger partial charge in [0.25, 0.3) is 0 Å². The summed E-state index contributed by atoms with van der Waals surface area (Å²) in [6.45, 7) is 1.59. The molecule has 0 aliphatic heterocycles. The number of hydrogen-bond acceptors (Lipinski definition) is 3. The van der Waals surface area contributed by atoms with Crippen molar-refractivity contribution < 1.29 is 9.90 Å². The standard InChI is InChI=1S/C18H21Cl2N3O2/c1-22(2)8-9-23(12-13-4-3-5-15(24)10-13)18(25)21-17-11-14(19)6-7-16(17)20/h3-7,10-11,24H,8-9,12H2,1-2H3,(H,21,25). The third-order valence-electron chi connectivity index (χ3n) is 3.56. The molecule has 2 aromatic carbocycles. The van der Waals surface area contributed by atoms with Crippen LogP contribution >= 0.6 is 23.2 Å². The molecule has 0 unspecified atom stereocenters. The minimum atomic E-state index is -0.283. The molecule has 5 nitrogen and oxygen atoms in total. The number of nitrogens with one attached hydrogen (secondary N) is 1. The van der Waals surface area contributed by atoms with Crippen molar-refractivity contribution in [3.05, 3.63) is 58.1 Å². The van der Waals surface area contributed by atoms with E-state index in [0.717, 1.165) is 5.56 Å². The minimum absolute atomic E-state index is 0.170. The summed E-state index contributed by atoms with van der Waals surface area (Å²) in [6.07, 6.45) is 0. The maximum absolute atomic E-state index is 12.7. The number of aromatic hydroxyl groups is 1. The maximum Gasteiger partial charge on any atom is 0.322 e. The highest BCUT2D eigenvalue weighted by molar-refractivity contribution is 6.35. The van der Waals surface area contributed by atoms with Gasteiger partial charge in [-0.1, -0.05) is 35.3 Å². The Labute approximate surface area is 157 Å². The first-order chi connectivity index (χ1) is 11.8. The second kappa shape index (κ2) is 8.94. The molecule has 0 aliphatic rings. The number of hydrogen-bond donors (Lipinski definition) is 2. The maximum atomic E-state index is 12.7. The summed E-state index contributed by atoms with van der Waals surface area (Å²) in [5.41, 5.74) is 1.30. The molecule has 0 radical (unpaired) electrons. The van der Waals surface area contributed by atoms with E-state index in [2.05, 4.69) is 5.32 Å². The topological polar surface area (TPSA) is 55.8 Å². The number of halogens is 2. The van der Waals surface area contributed by atoms with Crippen LogP contribution in [-0.4, -0.2) is 48.1 Å². The summed E-state index contributed by atoms with van der Waals surface area (Å²) in [7, 11) is 3.89. The largest absolute Gasteiger partial charge is 0.508 e. The van der Waals surface area contributed by atoms with Crippen LogP contribution in [0, 0.1) is 0 Å². The Morgan fingerprint density at radius 3 is 2.56 bits per heavy atom. The lowest BCUT2D eigenvalue weighted by Gasteiger charge is -2.25. The lowest BCUT2D eigenvalue weighted by atomic mass is 10.2. The molecule has 2 N–H and O–H groups in total. The third-order valence-corrected chi connectivity index (χ3v) is 4.12. The molecule has 7 heteroatoms. The number of amides is 2. The van der Waals surface area contributed by atoms with Gasteiger partial charge >= 0.3 is 6.03 Å². The van der Waals surface area contributed by atoms with E-state index < -0.39 is 0 Å². The summed E-state index contributed by atoms with van der Waals surface area (Å²) in [5, 5.41) is 13.3. The molecule has 0 aliphatic carbocycles. The molecular weight excluding hydrogens is 361 g/mol. The van der Waals surface area contributed by atoms with Crippen LogP contribution in [0.2, 0.25) is 10.0 Å². The van der Waals surface area contributed by atoms with Gasteiger partial charge in [-0.25, -0.2) is 4.79 Å². The fraction of sp³-hybridized carbons (Fsp3) is 0.278. The van der Waals surface area contributed by atoms with E-state index in [1.807, 2.05) is 25.1 Å². The van der Waals surface area contributed by atoms with Crippen LogP contribution in [0.3, 0.4) is 0 Å². The van der Waals surface area contributed by atoms with Crippen molar-refractivity contribution in [1.82, 2.24) is 9.80 Å². The van der Waals surface area contributed by atoms with Gasteiger partial charge in [0.05, 0.1) is 10.7 Å². The Balaban J connectivity index is 2.15. The highest BCUT2D eigenvalue weighted by Crippen LogP contribution is 2.26. The number of nitrogens with zero attached hydrogens (tertiary/aromatic N) is 2. The lowest BCUT2D eigenvalue weighted by molar-refractivity contribution is 0.202. The van der Waals surface area contributed by atoms with E-state index >= 15 is 0 Å². The number of carbonyl (C=O) groups excluding carboxylic acids is 1. The number of carbonyl (C=O) groups is 1. The molecule has 0 fully saturated rings. The van der Waals surface area contributed by atoms with Crippen molar-refractivity contribution in [1.29, 1.82) is 0 Å². The molecule has 0 atom stereocenters. The normalized spacial score (nSPS) is 10.8. The predicted octanol–water partition coefficient (Wildman–Crippen LogP) is 4.29. The van der Waals surface area contributed by atoms with Crippen molar-refractivity contribution in [3.8, 4) is 5.75 Å². The van der Waals surface area contributed by atoms with Crippen molar-refractivity contribution in [3.63, 3.8) is 0 Å². The van der Waals surface area contributed by atoms with Crippen molar-refractivity contribution >= 4 is 34.9 Å². The Morgan fingerprint density at radius 1 is 1.12 bits per heavy atom. The molecule has 0 bridgehead atoms. The van der Waals surface area contributed by atoms with Crippen LogP contribution in [0.4, 0.5) is 10.5 Å². The number of phenolic OH excluding ortho intramolecular Hbond substituents is 1. The fourth-order valence-electron chi connectivity index (χ4n) is 2.24. The Bertz CT molecular complexity index is 738. The zero-order valence-corrected chi connectivity index (χ0v) is 15.7. The first-order valence-corrected chi connectivity index (χ1v) is 8.54. The van der Waals surface area contributed by atoms with E-state index in [1.165, 1.54) is 0 Å². The number of likely N-dealkylation sites (N-methyl/N-ethyl adjacent to an activating group) is 1. The first-order valence-electron chi connectivity index (χ1n) is 7.79. The predicted molar refractivity (Wildman–Crippen MR) is 103 cm³/mol. The van der Waals surface area contributed by atoms with Gasteiger partial charge in [-0.05, 0) is 50.0 Å². The second-order valence-electron chi connectivity index (χ2n) is 5.95. The molecule has 0 saturated heterocycles. The van der Waals surface area contributed by atoms with Crippen LogP contribution in [-0.2, 0) is 6.54 Å². The first kappa shape index (κ1) is 19.4. The molecule has 0 aromatic heterocycles. The van der Waals surface area contributed by atoms with E-state index in [9.17, 15) is 9.90 Å². The number of urea groups is 1. The van der Waals surface area contributed by atoms with Gasteiger partial charge < -0.3 is 20.2 Å². The molecule has 0 spiro atoms. The molecule has 0 saturated carbocycles. The molecule has 134 valence electrons. The quantitative estimate of drug-likeness (QED) is 0.784. The summed E-state index contributed by atoms with van der Waals surface area (Å²) < 4.78 is 0. The monoisotopic (exact) mass is 381 g/mol. The van der Waals surface area contributed by atoms with E-state index in [0.29, 0.717) is 35.4 Å². The molecule has 2 rings (SSSR count). The van der Waals surface area contributed by atoms with E-state index in [4.69, 9.17) is 23.2 Å². The number of benzene rings is 2. The molecule has 25 heavy (non-hydrogen) atoms. The fourth-order valence-corrected chi connectivity index (χ4v) is 2.57. The molecular formula is C18H21Cl2N3O2.